The Kier molecular flexibility index (Phi) is 6.67. The molecule has 0 aliphatic carbocycles. The molecule has 1 N–H and O–H groups in total. The van der Waals surface area contributed by atoms with Gasteiger partial charge in [0.25, 0.3) is 5.91 Å². The Morgan fingerprint density at radius 3 is 2.53 bits per heavy atom. The number of amides is 1. The summed E-state index contributed by atoms with van der Waals surface area (Å²) in [6.45, 7) is 2.75. The molecule has 0 fully saturated rings. The number of aromatic nitrogens is 3. The molecule has 2 aromatic carbocycles. The van der Waals surface area contributed by atoms with Gasteiger partial charge in [-0.1, -0.05) is 25.1 Å². The first-order valence-electron chi connectivity index (χ1n) is 10.4. The molecule has 1 amide bonds. The van der Waals surface area contributed by atoms with Crippen LogP contribution in [-0.2, 0) is 0 Å². The molecule has 4 aromatic rings. The van der Waals surface area contributed by atoms with E-state index in [1.807, 2.05) is 60.8 Å². The third-order valence-corrected chi connectivity index (χ3v) is 4.68. The van der Waals surface area contributed by atoms with Crippen molar-refractivity contribution in [2.45, 2.75) is 13.3 Å². The molecule has 4 rings (SSSR count). The average molecular weight is 425 g/mol. The lowest BCUT2D eigenvalue weighted by atomic mass is 10.1. The van der Waals surface area contributed by atoms with E-state index in [2.05, 4.69) is 22.4 Å². The lowest BCUT2D eigenvalue weighted by Crippen LogP contribution is -2.17. The summed E-state index contributed by atoms with van der Waals surface area (Å²) in [7, 11) is 0. The van der Waals surface area contributed by atoms with E-state index >= 15 is 0 Å². The smallest absolute Gasteiger partial charge is 0.271 e. The molecular weight excluding hydrogens is 402 g/mol. The summed E-state index contributed by atoms with van der Waals surface area (Å²) in [6.07, 6.45) is 7.56. The third kappa shape index (κ3) is 5.07. The maximum atomic E-state index is 12.3. The molecule has 32 heavy (non-hydrogen) atoms. The van der Waals surface area contributed by atoms with Crippen LogP contribution in [0.4, 0.5) is 0 Å². The van der Waals surface area contributed by atoms with Gasteiger partial charge < -0.3 is 4.74 Å². The molecule has 0 saturated carbocycles. The monoisotopic (exact) mass is 425 g/mol. The van der Waals surface area contributed by atoms with Gasteiger partial charge in [0, 0.05) is 35.3 Å². The topological polar surface area (TPSA) is 81.4 Å². The molecule has 0 atom stereocenters. The van der Waals surface area contributed by atoms with Crippen LogP contribution in [0.15, 0.2) is 90.4 Å². The summed E-state index contributed by atoms with van der Waals surface area (Å²) in [6, 6.07) is 20.9. The first-order chi connectivity index (χ1) is 15.7. The molecule has 0 radical (unpaired) electrons. The van der Waals surface area contributed by atoms with Gasteiger partial charge >= 0.3 is 0 Å². The van der Waals surface area contributed by atoms with Crippen molar-refractivity contribution in [1.82, 2.24) is 20.2 Å². The molecule has 0 bridgehead atoms. The maximum absolute atomic E-state index is 12.3. The first-order valence-corrected chi connectivity index (χ1v) is 10.4. The summed E-state index contributed by atoms with van der Waals surface area (Å²) in [5.41, 5.74) is 6.41. The lowest BCUT2D eigenvalue weighted by molar-refractivity contribution is 0.0955. The van der Waals surface area contributed by atoms with Crippen molar-refractivity contribution < 1.29 is 9.53 Å². The highest BCUT2D eigenvalue weighted by molar-refractivity contribution is 5.95. The summed E-state index contributed by atoms with van der Waals surface area (Å²) < 4.78 is 7.47. The van der Waals surface area contributed by atoms with Gasteiger partial charge in [-0.05, 0) is 55.0 Å². The number of nitrogens with zero attached hydrogens (tertiary/aromatic N) is 4. The highest BCUT2D eigenvalue weighted by Crippen LogP contribution is 2.25. The van der Waals surface area contributed by atoms with Crippen LogP contribution in [0.1, 0.15) is 29.3 Å². The largest absolute Gasteiger partial charge is 0.494 e. The Morgan fingerprint density at radius 1 is 1.06 bits per heavy atom. The van der Waals surface area contributed by atoms with Crippen LogP contribution in [0.3, 0.4) is 0 Å². The number of benzene rings is 2. The molecule has 2 aromatic heterocycles. The van der Waals surface area contributed by atoms with Crippen LogP contribution in [0, 0.1) is 0 Å². The van der Waals surface area contributed by atoms with E-state index in [1.54, 1.807) is 35.4 Å². The van der Waals surface area contributed by atoms with Crippen LogP contribution in [-0.4, -0.2) is 33.5 Å². The van der Waals surface area contributed by atoms with E-state index in [0.29, 0.717) is 12.2 Å². The Balaban J connectivity index is 1.61. The van der Waals surface area contributed by atoms with E-state index in [1.165, 1.54) is 0 Å². The number of nitrogens with one attached hydrogen (secondary N) is 1. The second-order valence-corrected chi connectivity index (χ2v) is 7.02. The molecule has 0 aliphatic heterocycles. The summed E-state index contributed by atoms with van der Waals surface area (Å²) >= 11 is 0. The first kappa shape index (κ1) is 21.0. The number of para-hydroxylation sites is 1. The minimum atomic E-state index is -0.307. The number of carbonyl (C=O) groups is 1. The predicted molar refractivity (Wildman–Crippen MR) is 124 cm³/mol. The van der Waals surface area contributed by atoms with Crippen molar-refractivity contribution in [2.24, 2.45) is 5.10 Å². The second kappa shape index (κ2) is 10.2. The van der Waals surface area contributed by atoms with E-state index < -0.39 is 0 Å². The Bertz CT molecular complexity index is 1190. The Labute approximate surface area is 186 Å². The number of ether oxygens (including phenoxy) is 1. The number of hydrogen-bond acceptors (Lipinski definition) is 5. The van der Waals surface area contributed by atoms with Crippen molar-refractivity contribution in [3.8, 4) is 22.7 Å². The van der Waals surface area contributed by atoms with Crippen LogP contribution in [0.2, 0.25) is 0 Å². The van der Waals surface area contributed by atoms with Gasteiger partial charge in [0.05, 0.1) is 18.5 Å². The zero-order chi connectivity index (χ0) is 22.2. The second-order valence-electron chi connectivity index (χ2n) is 7.02. The average Bonchev–Trinajstić information content (AvgIpc) is 3.28. The van der Waals surface area contributed by atoms with Crippen molar-refractivity contribution >= 4 is 12.1 Å². The lowest BCUT2D eigenvalue weighted by Gasteiger charge is -2.05. The molecule has 0 unspecified atom stereocenters. The van der Waals surface area contributed by atoms with E-state index in [9.17, 15) is 4.79 Å². The fourth-order valence-electron chi connectivity index (χ4n) is 3.08. The SMILES string of the molecule is CCCOc1ccc(-c2nn(-c3ccccc3)cc2C=NNC(=O)c2ccncc2)cc1. The van der Waals surface area contributed by atoms with Gasteiger partial charge in [0.2, 0.25) is 0 Å². The minimum absolute atomic E-state index is 0.307. The highest BCUT2D eigenvalue weighted by Gasteiger charge is 2.12. The molecule has 7 heteroatoms. The van der Waals surface area contributed by atoms with Gasteiger partial charge in [-0.15, -0.1) is 0 Å². The molecule has 7 nitrogen and oxygen atoms in total. The maximum Gasteiger partial charge on any atom is 0.271 e. The van der Waals surface area contributed by atoms with Gasteiger partial charge in [-0.2, -0.15) is 10.2 Å². The van der Waals surface area contributed by atoms with Crippen molar-refractivity contribution in [1.29, 1.82) is 0 Å². The van der Waals surface area contributed by atoms with Crippen molar-refractivity contribution in [2.75, 3.05) is 6.61 Å². The molecule has 0 saturated heterocycles. The van der Waals surface area contributed by atoms with Crippen LogP contribution >= 0.6 is 0 Å². The van der Waals surface area contributed by atoms with Gasteiger partial charge in [-0.3, -0.25) is 9.78 Å². The van der Waals surface area contributed by atoms with Gasteiger partial charge in [0.1, 0.15) is 11.4 Å². The third-order valence-electron chi connectivity index (χ3n) is 4.68. The van der Waals surface area contributed by atoms with Gasteiger partial charge in [-0.25, -0.2) is 10.1 Å². The fourth-order valence-corrected chi connectivity index (χ4v) is 3.08. The van der Waals surface area contributed by atoms with Crippen LogP contribution < -0.4 is 10.2 Å². The van der Waals surface area contributed by atoms with E-state index in [4.69, 9.17) is 9.84 Å². The molecular formula is C25H23N5O2. The fraction of sp³-hybridized carbons (Fsp3) is 0.120. The van der Waals surface area contributed by atoms with Crippen LogP contribution in [0.5, 0.6) is 5.75 Å². The number of pyridine rings is 1. The summed E-state index contributed by atoms with van der Waals surface area (Å²) in [5, 5.41) is 8.91. The van der Waals surface area contributed by atoms with Gasteiger partial charge in [0.15, 0.2) is 0 Å². The van der Waals surface area contributed by atoms with Crippen LogP contribution in [0.25, 0.3) is 16.9 Å². The predicted octanol–water partition coefficient (Wildman–Crippen LogP) is 4.49. The number of hydrogen-bond donors (Lipinski definition) is 1. The Morgan fingerprint density at radius 2 is 1.81 bits per heavy atom. The summed E-state index contributed by atoms with van der Waals surface area (Å²) in [4.78, 5) is 16.2. The highest BCUT2D eigenvalue weighted by atomic mass is 16.5. The zero-order valence-corrected chi connectivity index (χ0v) is 17.7. The van der Waals surface area contributed by atoms with Crippen molar-refractivity contribution in [3.63, 3.8) is 0 Å². The zero-order valence-electron chi connectivity index (χ0n) is 17.7. The van der Waals surface area contributed by atoms with Crippen molar-refractivity contribution in [3.05, 3.63) is 96.4 Å². The Hall–Kier alpha value is -4.26. The number of carbonyl (C=O) groups excluding carboxylic acids is 1. The number of hydrazone groups is 1. The van der Waals surface area contributed by atoms with E-state index in [-0.39, 0.29) is 5.91 Å². The number of rotatable bonds is 8. The standard InChI is InChI=1S/C25H23N5O2/c1-2-16-32-23-10-8-19(9-11-23)24-21(18-30(29-24)22-6-4-3-5-7-22)17-27-28-25(31)20-12-14-26-15-13-20/h3-15,17-18H,2,16H2,1H3,(H,28,31). The molecule has 160 valence electrons. The minimum Gasteiger partial charge on any atom is -0.494 e. The molecule has 0 spiro atoms. The molecule has 2 heterocycles. The quantitative estimate of drug-likeness (QED) is 0.333. The summed E-state index contributed by atoms with van der Waals surface area (Å²) in [5.74, 6) is 0.510. The molecule has 0 aliphatic rings. The normalized spacial score (nSPS) is 10.9. The van der Waals surface area contributed by atoms with E-state index in [0.717, 1.165) is 34.7 Å².